The fourth-order valence-corrected chi connectivity index (χ4v) is 2.25. The van der Waals surface area contributed by atoms with Crippen LogP contribution >= 0.6 is 0 Å². The Labute approximate surface area is 113 Å². The lowest BCUT2D eigenvalue weighted by Gasteiger charge is -2.05. The van der Waals surface area contributed by atoms with Crippen molar-refractivity contribution >= 4 is 18.0 Å². The fraction of sp³-hybridized carbons (Fsp3) is 0.357. The number of aromatic nitrogens is 1. The van der Waals surface area contributed by atoms with Crippen molar-refractivity contribution < 1.29 is 10.0 Å². The maximum Gasteiger partial charge on any atom is 0.451 e. The predicted molar refractivity (Wildman–Crippen MR) is 75.5 cm³/mol. The molecule has 1 aromatic heterocycles. The summed E-state index contributed by atoms with van der Waals surface area (Å²) >= 11 is 0. The van der Waals surface area contributed by atoms with Gasteiger partial charge in [-0.15, -0.1) is 0 Å². The summed E-state index contributed by atoms with van der Waals surface area (Å²) in [6.07, 6.45) is 5.30. The van der Waals surface area contributed by atoms with Crippen LogP contribution in [0.2, 0.25) is 6.32 Å². The molecule has 2 aromatic rings. The molecule has 0 aliphatic carbocycles. The first-order valence-corrected chi connectivity index (χ1v) is 6.56. The first kappa shape index (κ1) is 13.7. The third kappa shape index (κ3) is 3.60. The molecule has 0 unspecified atom stereocenters. The van der Waals surface area contributed by atoms with Crippen molar-refractivity contribution in [3.05, 3.63) is 36.0 Å². The molecule has 2 rings (SSSR count). The van der Waals surface area contributed by atoms with Crippen LogP contribution in [-0.2, 0) is 6.54 Å². The Bertz CT molecular complexity index is 587. The van der Waals surface area contributed by atoms with Gasteiger partial charge in [0.2, 0.25) is 0 Å². The fourth-order valence-electron chi connectivity index (χ4n) is 2.25. The maximum atomic E-state index is 8.85. The van der Waals surface area contributed by atoms with Crippen LogP contribution in [0, 0.1) is 11.3 Å². The summed E-state index contributed by atoms with van der Waals surface area (Å²) in [4.78, 5) is 0. The second kappa shape index (κ2) is 6.42. The van der Waals surface area contributed by atoms with Crippen molar-refractivity contribution in [3.8, 4) is 6.07 Å². The summed E-state index contributed by atoms with van der Waals surface area (Å²) in [5, 5.41) is 27.4. The second-order valence-electron chi connectivity index (χ2n) is 4.72. The molecule has 0 saturated heterocycles. The van der Waals surface area contributed by atoms with E-state index in [-0.39, 0.29) is 0 Å². The molecule has 0 radical (unpaired) electrons. The highest BCUT2D eigenvalue weighted by Gasteiger charge is 2.05. The largest absolute Gasteiger partial charge is 0.451 e. The quantitative estimate of drug-likeness (QED) is 0.614. The van der Waals surface area contributed by atoms with Crippen molar-refractivity contribution in [1.29, 1.82) is 5.26 Å². The number of hydrogen-bond acceptors (Lipinski definition) is 3. The van der Waals surface area contributed by atoms with Crippen LogP contribution in [0.1, 0.15) is 24.8 Å². The van der Waals surface area contributed by atoms with Crippen LogP contribution in [0.3, 0.4) is 0 Å². The highest BCUT2D eigenvalue weighted by atomic mass is 16.4. The average Bonchev–Trinajstić information content (AvgIpc) is 2.80. The topological polar surface area (TPSA) is 69.2 Å². The molecule has 0 aliphatic rings. The standard InChI is InChI=1S/C14H17BN2O2/c16-11-12-4-5-14-13(10-12)6-9-17(14)8-3-1-2-7-15(18)19/h4-6,9-10,18-19H,1-3,7-8H2. The van der Waals surface area contributed by atoms with E-state index in [1.54, 1.807) is 0 Å². The Hall–Kier alpha value is -1.77. The number of benzene rings is 1. The third-order valence-electron chi connectivity index (χ3n) is 3.26. The lowest BCUT2D eigenvalue weighted by atomic mass is 9.83. The summed E-state index contributed by atoms with van der Waals surface area (Å²) in [5.41, 5.74) is 1.82. The zero-order valence-corrected chi connectivity index (χ0v) is 10.8. The van der Waals surface area contributed by atoms with Gasteiger partial charge in [0.15, 0.2) is 0 Å². The van der Waals surface area contributed by atoms with E-state index in [2.05, 4.69) is 10.6 Å². The van der Waals surface area contributed by atoms with E-state index in [4.69, 9.17) is 15.3 Å². The van der Waals surface area contributed by atoms with Gasteiger partial charge in [-0.3, -0.25) is 0 Å². The molecule has 0 bridgehead atoms. The lowest BCUT2D eigenvalue weighted by Crippen LogP contribution is -2.09. The van der Waals surface area contributed by atoms with Crippen LogP contribution in [0.4, 0.5) is 0 Å². The molecular weight excluding hydrogens is 239 g/mol. The zero-order chi connectivity index (χ0) is 13.7. The van der Waals surface area contributed by atoms with Gasteiger partial charge in [-0.2, -0.15) is 5.26 Å². The number of hydrogen-bond donors (Lipinski definition) is 2. The molecule has 4 nitrogen and oxygen atoms in total. The van der Waals surface area contributed by atoms with Crippen LogP contribution in [0.5, 0.6) is 0 Å². The minimum absolute atomic E-state index is 0.442. The molecule has 1 heterocycles. The molecule has 0 spiro atoms. The Balaban J connectivity index is 1.93. The summed E-state index contributed by atoms with van der Waals surface area (Å²) in [7, 11) is -1.18. The number of nitriles is 1. The van der Waals surface area contributed by atoms with E-state index in [0.717, 1.165) is 36.7 Å². The van der Waals surface area contributed by atoms with Gasteiger partial charge in [0.25, 0.3) is 0 Å². The first-order chi connectivity index (χ1) is 9.20. The molecule has 1 aromatic carbocycles. The predicted octanol–water partition coefficient (Wildman–Crippen LogP) is 2.16. The summed E-state index contributed by atoms with van der Waals surface area (Å²) in [5.74, 6) is 0. The molecular formula is C14H17BN2O2. The number of fused-ring (bicyclic) bond motifs is 1. The SMILES string of the molecule is N#Cc1ccc2c(ccn2CCCCCB(O)O)c1. The molecule has 0 atom stereocenters. The van der Waals surface area contributed by atoms with Gasteiger partial charge < -0.3 is 14.6 Å². The normalized spacial score (nSPS) is 10.6. The number of unbranched alkanes of at least 4 members (excludes halogenated alkanes) is 2. The number of rotatable bonds is 6. The molecule has 0 amide bonds. The van der Waals surface area contributed by atoms with Gasteiger partial charge in [-0.25, -0.2) is 0 Å². The van der Waals surface area contributed by atoms with E-state index in [9.17, 15) is 0 Å². The van der Waals surface area contributed by atoms with Gasteiger partial charge >= 0.3 is 7.12 Å². The highest BCUT2D eigenvalue weighted by Crippen LogP contribution is 2.18. The van der Waals surface area contributed by atoms with Crippen molar-refractivity contribution in [2.75, 3.05) is 0 Å². The summed E-state index contributed by atoms with van der Waals surface area (Å²) in [6, 6.07) is 9.87. The first-order valence-electron chi connectivity index (χ1n) is 6.56. The average molecular weight is 256 g/mol. The summed E-state index contributed by atoms with van der Waals surface area (Å²) in [6.45, 7) is 0.914. The molecule has 98 valence electrons. The van der Waals surface area contributed by atoms with E-state index in [1.165, 1.54) is 0 Å². The van der Waals surface area contributed by atoms with Gasteiger partial charge in [0.05, 0.1) is 11.6 Å². The van der Waals surface area contributed by atoms with Crippen molar-refractivity contribution in [2.45, 2.75) is 32.1 Å². The number of aryl methyl sites for hydroxylation is 1. The zero-order valence-electron chi connectivity index (χ0n) is 10.8. The number of nitrogens with zero attached hydrogens (tertiary/aromatic N) is 2. The smallest absolute Gasteiger partial charge is 0.427 e. The molecule has 2 N–H and O–H groups in total. The Kier molecular flexibility index (Phi) is 4.61. The van der Waals surface area contributed by atoms with E-state index in [0.29, 0.717) is 11.9 Å². The Morgan fingerprint density at radius 1 is 1.16 bits per heavy atom. The van der Waals surface area contributed by atoms with Crippen LogP contribution in [-0.4, -0.2) is 21.7 Å². The van der Waals surface area contributed by atoms with Crippen LogP contribution < -0.4 is 0 Å². The van der Waals surface area contributed by atoms with Crippen LogP contribution in [0.25, 0.3) is 10.9 Å². The van der Waals surface area contributed by atoms with E-state index < -0.39 is 7.12 Å². The van der Waals surface area contributed by atoms with Crippen molar-refractivity contribution in [2.24, 2.45) is 0 Å². The van der Waals surface area contributed by atoms with Crippen molar-refractivity contribution in [1.82, 2.24) is 4.57 Å². The van der Waals surface area contributed by atoms with Crippen LogP contribution in [0.15, 0.2) is 30.5 Å². The lowest BCUT2D eigenvalue weighted by molar-refractivity contribution is 0.401. The Morgan fingerprint density at radius 2 is 2.00 bits per heavy atom. The third-order valence-corrected chi connectivity index (χ3v) is 3.26. The summed E-state index contributed by atoms with van der Waals surface area (Å²) < 4.78 is 2.17. The van der Waals surface area contributed by atoms with Gasteiger partial charge in [0, 0.05) is 23.6 Å². The molecule has 5 heteroatoms. The minimum atomic E-state index is -1.18. The van der Waals surface area contributed by atoms with Crippen molar-refractivity contribution in [3.63, 3.8) is 0 Å². The Morgan fingerprint density at radius 3 is 2.74 bits per heavy atom. The van der Waals surface area contributed by atoms with Gasteiger partial charge in [-0.1, -0.05) is 12.8 Å². The van der Waals surface area contributed by atoms with E-state index in [1.807, 2.05) is 30.5 Å². The molecule has 0 saturated carbocycles. The minimum Gasteiger partial charge on any atom is -0.427 e. The molecule has 19 heavy (non-hydrogen) atoms. The van der Waals surface area contributed by atoms with E-state index >= 15 is 0 Å². The maximum absolute atomic E-state index is 8.85. The molecule has 0 aliphatic heterocycles. The highest BCUT2D eigenvalue weighted by molar-refractivity contribution is 6.40. The van der Waals surface area contributed by atoms with Gasteiger partial charge in [-0.05, 0) is 37.0 Å². The monoisotopic (exact) mass is 256 g/mol. The van der Waals surface area contributed by atoms with Gasteiger partial charge in [0.1, 0.15) is 0 Å². The second-order valence-corrected chi connectivity index (χ2v) is 4.72. The molecule has 0 fully saturated rings.